The van der Waals surface area contributed by atoms with Gasteiger partial charge in [0.05, 0.1) is 17.9 Å². The maximum atomic E-state index is 12.4. The van der Waals surface area contributed by atoms with E-state index in [2.05, 4.69) is 20.6 Å². The van der Waals surface area contributed by atoms with Crippen LogP contribution in [0.15, 0.2) is 60.8 Å². The molecule has 0 saturated heterocycles. The zero-order valence-corrected chi connectivity index (χ0v) is 16.3. The van der Waals surface area contributed by atoms with Crippen LogP contribution < -0.4 is 10.6 Å². The molecule has 0 saturated carbocycles. The zero-order chi connectivity index (χ0) is 20.6. The van der Waals surface area contributed by atoms with Crippen molar-refractivity contribution in [3.8, 4) is 0 Å². The quantitative estimate of drug-likeness (QED) is 0.599. The van der Waals surface area contributed by atoms with Gasteiger partial charge in [0.2, 0.25) is 5.95 Å². The van der Waals surface area contributed by atoms with Crippen LogP contribution in [0.1, 0.15) is 38.9 Å². The number of carbonyl (C=O) groups is 2. The van der Waals surface area contributed by atoms with Gasteiger partial charge >= 0.3 is 5.97 Å². The van der Waals surface area contributed by atoms with E-state index in [4.69, 9.17) is 4.74 Å². The summed E-state index contributed by atoms with van der Waals surface area (Å²) in [5, 5.41) is 5.83. The third kappa shape index (κ3) is 5.38. The van der Waals surface area contributed by atoms with Crippen molar-refractivity contribution < 1.29 is 14.3 Å². The Morgan fingerprint density at radius 1 is 1.03 bits per heavy atom. The molecule has 7 heteroatoms. The summed E-state index contributed by atoms with van der Waals surface area (Å²) in [7, 11) is 0. The molecular formula is C22H22N4O3. The first-order valence-electron chi connectivity index (χ1n) is 9.27. The Morgan fingerprint density at radius 3 is 2.55 bits per heavy atom. The molecule has 0 radical (unpaired) electrons. The number of carbonyl (C=O) groups excluding carboxylic acids is 2. The van der Waals surface area contributed by atoms with Gasteiger partial charge < -0.3 is 15.4 Å². The Labute approximate surface area is 169 Å². The van der Waals surface area contributed by atoms with Crippen molar-refractivity contribution in [3.63, 3.8) is 0 Å². The average molecular weight is 390 g/mol. The van der Waals surface area contributed by atoms with E-state index in [1.165, 1.54) is 12.3 Å². The highest BCUT2D eigenvalue weighted by Gasteiger charge is 2.14. The third-order valence-electron chi connectivity index (χ3n) is 4.13. The van der Waals surface area contributed by atoms with Gasteiger partial charge in [0, 0.05) is 12.7 Å². The SMILES string of the molecule is CCOC(=O)c1ccccc1Nc1nccc(C(=O)NCc2ccc(C)cc2)n1. The smallest absolute Gasteiger partial charge is 0.340 e. The monoisotopic (exact) mass is 390 g/mol. The fourth-order valence-corrected chi connectivity index (χ4v) is 2.62. The molecule has 0 fully saturated rings. The predicted molar refractivity (Wildman–Crippen MR) is 110 cm³/mol. The van der Waals surface area contributed by atoms with E-state index >= 15 is 0 Å². The average Bonchev–Trinajstić information content (AvgIpc) is 2.74. The number of nitrogens with one attached hydrogen (secondary N) is 2. The number of benzene rings is 2. The number of hydrogen-bond acceptors (Lipinski definition) is 6. The van der Waals surface area contributed by atoms with E-state index in [1.807, 2.05) is 31.2 Å². The van der Waals surface area contributed by atoms with E-state index in [9.17, 15) is 9.59 Å². The second-order valence-corrected chi connectivity index (χ2v) is 6.32. The van der Waals surface area contributed by atoms with Crippen molar-refractivity contribution in [2.24, 2.45) is 0 Å². The molecule has 2 aromatic carbocycles. The normalized spacial score (nSPS) is 10.3. The lowest BCUT2D eigenvalue weighted by Gasteiger charge is -2.11. The molecule has 0 aliphatic rings. The first-order chi connectivity index (χ1) is 14.1. The molecule has 1 amide bonds. The molecule has 0 atom stereocenters. The highest BCUT2D eigenvalue weighted by atomic mass is 16.5. The first-order valence-corrected chi connectivity index (χ1v) is 9.27. The summed E-state index contributed by atoms with van der Waals surface area (Å²) < 4.78 is 5.07. The van der Waals surface area contributed by atoms with Crippen LogP contribution in [0, 0.1) is 6.92 Å². The van der Waals surface area contributed by atoms with Crippen molar-refractivity contribution >= 4 is 23.5 Å². The fourth-order valence-electron chi connectivity index (χ4n) is 2.62. The number of aryl methyl sites for hydroxylation is 1. The lowest BCUT2D eigenvalue weighted by molar-refractivity contribution is 0.0527. The largest absolute Gasteiger partial charge is 0.462 e. The van der Waals surface area contributed by atoms with Gasteiger partial charge in [0.15, 0.2) is 0 Å². The van der Waals surface area contributed by atoms with Gasteiger partial charge in [-0.1, -0.05) is 42.0 Å². The third-order valence-corrected chi connectivity index (χ3v) is 4.13. The van der Waals surface area contributed by atoms with Gasteiger partial charge in [-0.2, -0.15) is 0 Å². The van der Waals surface area contributed by atoms with Crippen LogP contribution in [-0.2, 0) is 11.3 Å². The molecule has 0 spiro atoms. The lowest BCUT2D eigenvalue weighted by atomic mass is 10.1. The Bertz CT molecular complexity index is 1000. The summed E-state index contributed by atoms with van der Waals surface area (Å²) in [6, 6.07) is 16.4. The number of ether oxygens (including phenoxy) is 1. The van der Waals surface area contributed by atoms with Gasteiger partial charge in [0.1, 0.15) is 5.69 Å². The predicted octanol–water partition coefficient (Wildman–Crippen LogP) is 3.64. The van der Waals surface area contributed by atoms with Crippen molar-refractivity contribution in [1.82, 2.24) is 15.3 Å². The molecule has 0 bridgehead atoms. The van der Waals surface area contributed by atoms with Gasteiger partial charge in [0.25, 0.3) is 5.91 Å². The van der Waals surface area contributed by atoms with Crippen molar-refractivity contribution in [1.29, 1.82) is 0 Å². The number of anilines is 2. The minimum absolute atomic E-state index is 0.213. The highest BCUT2D eigenvalue weighted by Crippen LogP contribution is 2.19. The molecule has 0 aliphatic carbocycles. The van der Waals surface area contributed by atoms with E-state index < -0.39 is 5.97 Å². The molecule has 1 aromatic heterocycles. The minimum Gasteiger partial charge on any atom is -0.462 e. The van der Waals surface area contributed by atoms with Crippen molar-refractivity contribution in [3.05, 3.63) is 83.2 Å². The van der Waals surface area contributed by atoms with Crippen molar-refractivity contribution in [2.75, 3.05) is 11.9 Å². The summed E-state index contributed by atoms with van der Waals surface area (Å²) in [6.45, 7) is 4.44. The molecule has 0 aliphatic heterocycles. The van der Waals surface area contributed by atoms with E-state index in [0.717, 1.165) is 11.1 Å². The Balaban J connectivity index is 1.70. The van der Waals surface area contributed by atoms with Crippen LogP contribution >= 0.6 is 0 Å². The molecular weight excluding hydrogens is 368 g/mol. The topological polar surface area (TPSA) is 93.2 Å². The van der Waals surface area contributed by atoms with E-state index in [0.29, 0.717) is 17.8 Å². The van der Waals surface area contributed by atoms with Crippen LogP contribution in [0.25, 0.3) is 0 Å². The van der Waals surface area contributed by atoms with Gasteiger partial charge in [-0.3, -0.25) is 4.79 Å². The van der Waals surface area contributed by atoms with Crippen LogP contribution in [-0.4, -0.2) is 28.5 Å². The molecule has 2 N–H and O–H groups in total. The number of para-hydroxylation sites is 1. The summed E-state index contributed by atoms with van der Waals surface area (Å²) in [5.41, 5.74) is 3.26. The van der Waals surface area contributed by atoms with E-state index in [1.54, 1.807) is 31.2 Å². The number of hydrogen-bond donors (Lipinski definition) is 2. The van der Waals surface area contributed by atoms with E-state index in [-0.39, 0.29) is 24.2 Å². The zero-order valence-electron chi connectivity index (χ0n) is 16.3. The minimum atomic E-state index is -0.442. The number of aromatic nitrogens is 2. The van der Waals surface area contributed by atoms with Crippen LogP contribution in [0.4, 0.5) is 11.6 Å². The van der Waals surface area contributed by atoms with Gasteiger partial charge in [-0.25, -0.2) is 14.8 Å². The fraction of sp³-hybridized carbons (Fsp3) is 0.182. The Morgan fingerprint density at radius 2 is 1.79 bits per heavy atom. The lowest BCUT2D eigenvalue weighted by Crippen LogP contribution is -2.24. The van der Waals surface area contributed by atoms with Crippen molar-refractivity contribution in [2.45, 2.75) is 20.4 Å². The number of nitrogens with zero attached hydrogens (tertiary/aromatic N) is 2. The summed E-state index contributed by atoms with van der Waals surface area (Å²) in [6.07, 6.45) is 1.49. The highest BCUT2D eigenvalue weighted by molar-refractivity contribution is 5.96. The number of amides is 1. The molecule has 3 rings (SSSR count). The number of esters is 1. The Hall–Kier alpha value is -3.74. The van der Waals surface area contributed by atoms with Crippen LogP contribution in [0.5, 0.6) is 0 Å². The van der Waals surface area contributed by atoms with Gasteiger partial charge in [-0.15, -0.1) is 0 Å². The number of rotatable bonds is 7. The maximum Gasteiger partial charge on any atom is 0.340 e. The molecule has 148 valence electrons. The molecule has 0 unspecified atom stereocenters. The Kier molecular flexibility index (Phi) is 6.52. The molecule has 29 heavy (non-hydrogen) atoms. The summed E-state index contributed by atoms with van der Waals surface area (Å²) in [4.78, 5) is 32.9. The maximum absolute atomic E-state index is 12.4. The first kappa shape index (κ1) is 20.0. The van der Waals surface area contributed by atoms with Gasteiger partial charge in [-0.05, 0) is 37.6 Å². The standard InChI is InChI=1S/C22H22N4O3/c1-3-29-21(28)17-6-4-5-7-18(17)25-22-23-13-12-19(26-22)20(27)24-14-16-10-8-15(2)9-11-16/h4-13H,3,14H2,1-2H3,(H,24,27)(H,23,25,26). The summed E-state index contributed by atoms with van der Waals surface area (Å²) >= 11 is 0. The summed E-state index contributed by atoms with van der Waals surface area (Å²) in [5.74, 6) is -0.540. The molecule has 3 aromatic rings. The second-order valence-electron chi connectivity index (χ2n) is 6.32. The second kappa shape index (κ2) is 9.45. The molecule has 1 heterocycles. The van der Waals surface area contributed by atoms with Crippen LogP contribution in [0.3, 0.4) is 0 Å². The van der Waals surface area contributed by atoms with Crippen LogP contribution in [0.2, 0.25) is 0 Å². The molecule has 7 nitrogen and oxygen atoms in total.